The number of nitrogens with one attached hydrogen (secondary N) is 1. The molecule has 0 bridgehead atoms. The molecule has 5 nitrogen and oxygen atoms in total. The van der Waals surface area contributed by atoms with Gasteiger partial charge in [0.25, 0.3) is 0 Å². The predicted octanol–water partition coefficient (Wildman–Crippen LogP) is 3.52. The highest BCUT2D eigenvalue weighted by Gasteiger charge is 2.15. The lowest BCUT2D eigenvalue weighted by Gasteiger charge is -2.09. The van der Waals surface area contributed by atoms with E-state index in [0.29, 0.717) is 24.8 Å². The summed E-state index contributed by atoms with van der Waals surface area (Å²) in [7, 11) is 0. The lowest BCUT2D eigenvalue weighted by Crippen LogP contribution is -2.12. The van der Waals surface area contributed by atoms with Crippen molar-refractivity contribution in [3.63, 3.8) is 0 Å². The van der Waals surface area contributed by atoms with Crippen LogP contribution >= 0.6 is 0 Å². The molecule has 5 heteroatoms. The Bertz CT molecular complexity index is 433. The van der Waals surface area contributed by atoms with Crippen molar-refractivity contribution >= 4 is 5.69 Å². The SMILES string of the molecule is CCNCc1ccc(OCCCC(C)C)c([N+](=O)[O-])c1. The first-order valence-corrected chi connectivity index (χ1v) is 7.15. The predicted molar refractivity (Wildman–Crippen MR) is 80.0 cm³/mol. The van der Waals surface area contributed by atoms with Crippen LogP contribution in [0, 0.1) is 16.0 Å². The number of nitrogens with zero attached hydrogens (tertiary/aromatic N) is 1. The smallest absolute Gasteiger partial charge is 0.311 e. The van der Waals surface area contributed by atoms with Gasteiger partial charge in [0.05, 0.1) is 11.5 Å². The highest BCUT2D eigenvalue weighted by molar-refractivity contribution is 5.48. The van der Waals surface area contributed by atoms with Crippen LogP contribution in [0.3, 0.4) is 0 Å². The van der Waals surface area contributed by atoms with Crippen molar-refractivity contribution in [3.8, 4) is 5.75 Å². The highest BCUT2D eigenvalue weighted by Crippen LogP contribution is 2.28. The summed E-state index contributed by atoms with van der Waals surface area (Å²) >= 11 is 0. The molecule has 0 aliphatic heterocycles. The highest BCUT2D eigenvalue weighted by atomic mass is 16.6. The Balaban J connectivity index is 2.67. The van der Waals surface area contributed by atoms with Gasteiger partial charge in [-0.05, 0) is 36.9 Å². The van der Waals surface area contributed by atoms with Gasteiger partial charge < -0.3 is 10.1 Å². The number of rotatable bonds is 9. The van der Waals surface area contributed by atoms with Gasteiger partial charge in [0.15, 0.2) is 5.75 Å². The lowest BCUT2D eigenvalue weighted by molar-refractivity contribution is -0.385. The van der Waals surface area contributed by atoms with Crippen LogP contribution in [-0.4, -0.2) is 18.1 Å². The molecule has 1 aromatic rings. The summed E-state index contributed by atoms with van der Waals surface area (Å²) < 4.78 is 5.55. The third kappa shape index (κ3) is 5.57. The average Bonchev–Trinajstić information content (AvgIpc) is 2.41. The zero-order valence-corrected chi connectivity index (χ0v) is 12.5. The van der Waals surface area contributed by atoms with Crippen molar-refractivity contribution in [1.29, 1.82) is 0 Å². The van der Waals surface area contributed by atoms with Gasteiger partial charge in [0.1, 0.15) is 0 Å². The molecule has 0 radical (unpaired) electrons. The van der Waals surface area contributed by atoms with Crippen LogP contribution in [0.5, 0.6) is 5.75 Å². The summed E-state index contributed by atoms with van der Waals surface area (Å²) in [6.45, 7) is 8.29. The Labute approximate surface area is 120 Å². The number of nitro benzene ring substituents is 1. The molecule has 0 aliphatic rings. The molecule has 0 fully saturated rings. The van der Waals surface area contributed by atoms with Crippen molar-refractivity contribution in [2.24, 2.45) is 5.92 Å². The molecule has 0 heterocycles. The van der Waals surface area contributed by atoms with Crippen molar-refractivity contribution in [1.82, 2.24) is 5.32 Å². The van der Waals surface area contributed by atoms with Gasteiger partial charge in [-0.1, -0.05) is 26.8 Å². The van der Waals surface area contributed by atoms with E-state index in [1.54, 1.807) is 12.1 Å². The molecule has 1 rings (SSSR count). The van der Waals surface area contributed by atoms with Gasteiger partial charge in [-0.3, -0.25) is 10.1 Å². The van der Waals surface area contributed by atoms with E-state index in [1.807, 2.05) is 13.0 Å². The maximum atomic E-state index is 11.1. The number of nitro groups is 1. The van der Waals surface area contributed by atoms with Gasteiger partial charge >= 0.3 is 5.69 Å². The fourth-order valence-electron chi connectivity index (χ4n) is 1.88. The molecule has 1 aromatic carbocycles. The monoisotopic (exact) mass is 280 g/mol. The van der Waals surface area contributed by atoms with E-state index in [-0.39, 0.29) is 10.6 Å². The zero-order valence-electron chi connectivity index (χ0n) is 12.5. The molecule has 0 saturated heterocycles. The fourth-order valence-corrected chi connectivity index (χ4v) is 1.88. The largest absolute Gasteiger partial charge is 0.487 e. The first-order chi connectivity index (χ1) is 9.54. The van der Waals surface area contributed by atoms with Crippen LogP contribution in [-0.2, 0) is 6.54 Å². The molecule has 0 aliphatic carbocycles. The van der Waals surface area contributed by atoms with E-state index in [9.17, 15) is 10.1 Å². The van der Waals surface area contributed by atoms with E-state index in [4.69, 9.17) is 4.74 Å². The third-order valence-corrected chi connectivity index (χ3v) is 2.98. The first kappa shape index (κ1) is 16.4. The third-order valence-electron chi connectivity index (χ3n) is 2.98. The van der Waals surface area contributed by atoms with Crippen LogP contribution in [0.4, 0.5) is 5.69 Å². The molecule has 112 valence electrons. The first-order valence-electron chi connectivity index (χ1n) is 7.15. The summed E-state index contributed by atoms with van der Waals surface area (Å²) in [5, 5.41) is 14.2. The minimum absolute atomic E-state index is 0.0463. The summed E-state index contributed by atoms with van der Waals surface area (Å²) in [5.74, 6) is 0.982. The minimum atomic E-state index is -0.382. The number of benzene rings is 1. The Kier molecular flexibility index (Phi) is 7.01. The molecule has 0 amide bonds. The van der Waals surface area contributed by atoms with Crippen molar-refractivity contribution in [2.75, 3.05) is 13.2 Å². The second-order valence-corrected chi connectivity index (χ2v) is 5.22. The average molecular weight is 280 g/mol. The molecular weight excluding hydrogens is 256 g/mol. The molecule has 20 heavy (non-hydrogen) atoms. The fraction of sp³-hybridized carbons (Fsp3) is 0.600. The van der Waals surface area contributed by atoms with E-state index in [1.165, 1.54) is 0 Å². The van der Waals surface area contributed by atoms with E-state index < -0.39 is 0 Å². The van der Waals surface area contributed by atoms with Crippen LogP contribution < -0.4 is 10.1 Å². The van der Waals surface area contributed by atoms with Gasteiger partial charge in [-0.15, -0.1) is 0 Å². The second kappa shape index (κ2) is 8.53. The standard InChI is InChI=1S/C15H24N2O3/c1-4-16-11-13-7-8-15(14(10-13)17(18)19)20-9-5-6-12(2)3/h7-8,10,12,16H,4-6,9,11H2,1-3H3. The Hall–Kier alpha value is -1.62. The van der Waals surface area contributed by atoms with Crippen molar-refractivity contribution in [3.05, 3.63) is 33.9 Å². The Morgan fingerprint density at radius 2 is 2.15 bits per heavy atom. The van der Waals surface area contributed by atoms with Gasteiger partial charge in [-0.25, -0.2) is 0 Å². The number of hydrogen-bond acceptors (Lipinski definition) is 4. The van der Waals surface area contributed by atoms with Crippen molar-refractivity contribution < 1.29 is 9.66 Å². The topological polar surface area (TPSA) is 64.4 Å². The lowest BCUT2D eigenvalue weighted by atomic mass is 10.1. The summed E-state index contributed by atoms with van der Waals surface area (Å²) in [4.78, 5) is 10.7. The summed E-state index contributed by atoms with van der Waals surface area (Å²) in [5.41, 5.74) is 0.943. The van der Waals surface area contributed by atoms with E-state index in [0.717, 1.165) is 24.9 Å². The van der Waals surface area contributed by atoms with Crippen LogP contribution in [0.25, 0.3) is 0 Å². The van der Waals surface area contributed by atoms with Gasteiger partial charge in [-0.2, -0.15) is 0 Å². The minimum Gasteiger partial charge on any atom is -0.487 e. The molecule has 0 aromatic heterocycles. The molecule has 0 saturated carbocycles. The maximum absolute atomic E-state index is 11.1. The van der Waals surface area contributed by atoms with Gasteiger partial charge in [0, 0.05) is 12.6 Å². The molecule has 0 spiro atoms. The molecule has 1 N–H and O–H groups in total. The normalized spacial score (nSPS) is 10.8. The van der Waals surface area contributed by atoms with E-state index in [2.05, 4.69) is 19.2 Å². The molecule has 0 atom stereocenters. The second-order valence-electron chi connectivity index (χ2n) is 5.22. The summed E-state index contributed by atoms with van der Waals surface area (Å²) in [6, 6.07) is 5.15. The number of hydrogen-bond donors (Lipinski definition) is 1. The Morgan fingerprint density at radius 3 is 2.75 bits per heavy atom. The number of ether oxygens (including phenoxy) is 1. The zero-order chi connectivity index (χ0) is 15.0. The van der Waals surface area contributed by atoms with Crippen LogP contribution in [0.2, 0.25) is 0 Å². The van der Waals surface area contributed by atoms with Crippen LogP contribution in [0.1, 0.15) is 39.2 Å². The van der Waals surface area contributed by atoms with Crippen molar-refractivity contribution in [2.45, 2.75) is 40.2 Å². The van der Waals surface area contributed by atoms with Gasteiger partial charge in [0.2, 0.25) is 0 Å². The quantitative estimate of drug-likeness (QED) is 0.427. The van der Waals surface area contributed by atoms with Crippen LogP contribution in [0.15, 0.2) is 18.2 Å². The Morgan fingerprint density at radius 1 is 1.40 bits per heavy atom. The maximum Gasteiger partial charge on any atom is 0.311 e. The van der Waals surface area contributed by atoms with E-state index >= 15 is 0 Å². The molecule has 0 unspecified atom stereocenters. The summed E-state index contributed by atoms with van der Waals surface area (Å²) in [6.07, 6.45) is 1.97. The molecular formula is C15H24N2O3.